The Hall–Kier alpha value is -2.71. The third-order valence-electron chi connectivity index (χ3n) is 2.45. The number of hydrogen-bond donors (Lipinski definition) is 4. The molecule has 0 aliphatic rings. The topological polar surface area (TPSA) is 116 Å². The minimum atomic E-state index is -1.49. The average molecular weight is 302 g/mol. The lowest BCUT2D eigenvalue weighted by Crippen LogP contribution is -2.43. The van der Waals surface area contributed by atoms with Crippen LogP contribution in [0.2, 0.25) is 0 Å². The maximum absolute atomic E-state index is 13.3. The molecule has 1 atom stereocenters. The van der Waals surface area contributed by atoms with E-state index >= 15 is 0 Å². The summed E-state index contributed by atoms with van der Waals surface area (Å²) in [6.07, 6.45) is -0.844. The van der Waals surface area contributed by atoms with Crippen molar-refractivity contribution in [3.05, 3.63) is 29.8 Å². The van der Waals surface area contributed by atoms with Crippen LogP contribution in [0.5, 0.6) is 0 Å². The molecule has 0 saturated carbocycles. The molecule has 0 unspecified atom stereocenters. The summed E-state index contributed by atoms with van der Waals surface area (Å²) in [7, 11) is 0. The van der Waals surface area contributed by atoms with Crippen LogP contribution in [0.25, 0.3) is 0 Å². The third kappa shape index (κ3) is 5.05. The van der Waals surface area contributed by atoms with Crippen molar-refractivity contribution >= 4 is 23.7 Å². The number of hydrogen-bond acceptors (Lipinski definition) is 3. The molecular weight excluding hydrogens is 290 g/mol. The number of aliphatic carboxylic acids is 2. The largest absolute Gasteiger partial charge is 0.481 e. The molecule has 0 fully saturated rings. The Balaban J connectivity index is 2.70. The van der Waals surface area contributed by atoms with Gasteiger partial charge in [-0.25, -0.2) is 18.4 Å². The number of benzene rings is 1. The number of nitrogens with one attached hydrogen (secondary N) is 2. The summed E-state index contributed by atoms with van der Waals surface area (Å²) < 4.78 is 26.6. The summed E-state index contributed by atoms with van der Waals surface area (Å²) in [5.74, 6) is -4.74. The van der Waals surface area contributed by atoms with E-state index in [1.165, 1.54) is 0 Å². The highest BCUT2D eigenvalue weighted by Gasteiger charge is 2.22. The Bertz CT molecular complexity index is 544. The zero-order chi connectivity index (χ0) is 16.0. The molecule has 0 aliphatic heterocycles. The highest BCUT2D eigenvalue weighted by molar-refractivity contribution is 5.92. The Morgan fingerprint density at radius 3 is 2.19 bits per heavy atom. The first-order chi connectivity index (χ1) is 9.81. The van der Waals surface area contributed by atoms with E-state index in [0.717, 1.165) is 18.2 Å². The van der Waals surface area contributed by atoms with Gasteiger partial charge in [0.05, 0.1) is 0 Å². The van der Waals surface area contributed by atoms with Crippen LogP contribution in [0.1, 0.15) is 12.8 Å². The number of halogens is 2. The van der Waals surface area contributed by atoms with Crippen LogP contribution in [0.15, 0.2) is 18.2 Å². The minimum Gasteiger partial charge on any atom is -0.481 e. The molecule has 0 radical (unpaired) electrons. The van der Waals surface area contributed by atoms with Crippen LogP contribution in [0, 0.1) is 11.6 Å². The lowest BCUT2D eigenvalue weighted by atomic mass is 10.1. The van der Waals surface area contributed by atoms with Crippen LogP contribution >= 0.6 is 0 Å². The number of carboxylic acids is 2. The standard InChI is InChI=1S/C12H12F2N2O5/c13-6-2-1-3-7(14)10(6)16-12(21)15-8(11(19)20)4-5-9(17)18/h1-3,8H,4-5H2,(H,17,18)(H,19,20)(H2,15,16,21)/t8-/m0/s1. The number of carbonyl (C=O) groups excluding carboxylic acids is 1. The van der Waals surface area contributed by atoms with E-state index in [0.29, 0.717) is 0 Å². The van der Waals surface area contributed by atoms with Gasteiger partial charge < -0.3 is 20.8 Å². The predicted molar refractivity (Wildman–Crippen MR) is 66.8 cm³/mol. The summed E-state index contributed by atoms with van der Waals surface area (Å²) in [6.45, 7) is 0. The van der Waals surface area contributed by atoms with Crippen molar-refractivity contribution in [2.45, 2.75) is 18.9 Å². The molecule has 1 aromatic carbocycles. The molecule has 1 aromatic rings. The van der Waals surface area contributed by atoms with Crippen LogP contribution in [-0.4, -0.2) is 34.2 Å². The fraction of sp³-hybridized carbons (Fsp3) is 0.250. The van der Waals surface area contributed by atoms with Gasteiger partial charge in [0.1, 0.15) is 23.4 Å². The maximum atomic E-state index is 13.3. The van der Waals surface area contributed by atoms with Gasteiger partial charge in [0.25, 0.3) is 0 Å². The van der Waals surface area contributed by atoms with Gasteiger partial charge in [0.2, 0.25) is 0 Å². The molecule has 7 nitrogen and oxygen atoms in total. The second-order valence-electron chi connectivity index (χ2n) is 4.02. The minimum absolute atomic E-state index is 0.363. The highest BCUT2D eigenvalue weighted by Crippen LogP contribution is 2.17. The van der Waals surface area contributed by atoms with Gasteiger partial charge in [0.15, 0.2) is 0 Å². The molecule has 0 aromatic heterocycles. The maximum Gasteiger partial charge on any atom is 0.326 e. The Labute approximate surface area is 117 Å². The molecule has 1 rings (SSSR count). The highest BCUT2D eigenvalue weighted by atomic mass is 19.1. The van der Waals surface area contributed by atoms with E-state index in [9.17, 15) is 23.2 Å². The summed E-state index contributed by atoms with van der Waals surface area (Å²) in [6, 6.07) is 0.281. The number of rotatable bonds is 6. The SMILES string of the molecule is O=C(O)CC[C@H](NC(=O)Nc1c(F)cccc1F)C(=O)O. The summed E-state index contributed by atoms with van der Waals surface area (Å²) in [4.78, 5) is 32.7. The quantitative estimate of drug-likeness (QED) is 0.634. The molecule has 21 heavy (non-hydrogen) atoms. The zero-order valence-electron chi connectivity index (χ0n) is 10.6. The first kappa shape index (κ1) is 16.3. The molecular formula is C12H12F2N2O5. The second-order valence-corrected chi connectivity index (χ2v) is 4.02. The zero-order valence-corrected chi connectivity index (χ0v) is 10.6. The van der Waals surface area contributed by atoms with Crippen LogP contribution in [0.4, 0.5) is 19.3 Å². The molecule has 9 heteroatoms. The summed E-state index contributed by atoms with van der Waals surface area (Å²) >= 11 is 0. The van der Waals surface area contributed by atoms with Crippen molar-refractivity contribution in [3.8, 4) is 0 Å². The van der Waals surface area contributed by atoms with Crippen LogP contribution in [0.3, 0.4) is 0 Å². The molecule has 0 heterocycles. The first-order valence-corrected chi connectivity index (χ1v) is 5.77. The van der Waals surface area contributed by atoms with Crippen molar-refractivity contribution < 1.29 is 33.4 Å². The van der Waals surface area contributed by atoms with Gasteiger partial charge in [0, 0.05) is 6.42 Å². The number of carboxylic acid groups (broad SMARTS) is 2. The molecule has 0 aliphatic carbocycles. The van der Waals surface area contributed by atoms with Crippen molar-refractivity contribution in [2.24, 2.45) is 0 Å². The second kappa shape index (κ2) is 7.17. The summed E-state index contributed by atoms with van der Waals surface area (Å²) in [5, 5.41) is 21.1. The van der Waals surface area contributed by atoms with Crippen molar-refractivity contribution in [2.75, 3.05) is 5.32 Å². The molecule has 114 valence electrons. The molecule has 0 bridgehead atoms. The average Bonchev–Trinajstić information content (AvgIpc) is 2.38. The fourth-order valence-corrected chi connectivity index (χ4v) is 1.45. The molecule has 4 N–H and O–H groups in total. The van der Waals surface area contributed by atoms with Crippen LogP contribution < -0.4 is 10.6 Å². The van der Waals surface area contributed by atoms with E-state index in [1.54, 1.807) is 0 Å². The van der Waals surface area contributed by atoms with E-state index in [1.807, 2.05) is 10.6 Å². The molecule has 0 saturated heterocycles. The van der Waals surface area contributed by atoms with Gasteiger partial charge >= 0.3 is 18.0 Å². The predicted octanol–water partition coefficient (Wildman–Crippen LogP) is 1.40. The Morgan fingerprint density at radius 2 is 1.71 bits per heavy atom. The lowest BCUT2D eigenvalue weighted by Gasteiger charge is -2.14. The fourth-order valence-electron chi connectivity index (χ4n) is 1.45. The first-order valence-electron chi connectivity index (χ1n) is 5.77. The van der Waals surface area contributed by atoms with Gasteiger partial charge in [-0.15, -0.1) is 0 Å². The number of amides is 2. The van der Waals surface area contributed by atoms with E-state index in [-0.39, 0.29) is 6.42 Å². The van der Waals surface area contributed by atoms with Crippen molar-refractivity contribution in [1.29, 1.82) is 0 Å². The third-order valence-corrected chi connectivity index (χ3v) is 2.45. The van der Waals surface area contributed by atoms with Gasteiger partial charge in [-0.05, 0) is 18.6 Å². The molecule has 0 spiro atoms. The number of anilines is 1. The molecule has 2 amide bonds. The monoisotopic (exact) mass is 302 g/mol. The van der Waals surface area contributed by atoms with Gasteiger partial charge in [-0.2, -0.15) is 0 Å². The van der Waals surface area contributed by atoms with E-state index < -0.39 is 47.8 Å². The van der Waals surface area contributed by atoms with Crippen molar-refractivity contribution in [1.82, 2.24) is 5.32 Å². The summed E-state index contributed by atoms with van der Waals surface area (Å²) in [5.41, 5.74) is -0.725. The van der Waals surface area contributed by atoms with E-state index in [2.05, 4.69) is 0 Å². The van der Waals surface area contributed by atoms with Crippen molar-refractivity contribution in [3.63, 3.8) is 0 Å². The van der Waals surface area contributed by atoms with Gasteiger partial charge in [-0.1, -0.05) is 6.07 Å². The normalized spacial score (nSPS) is 11.5. The number of para-hydroxylation sites is 1. The van der Waals surface area contributed by atoms with E-state index in [4.69, 9.17) is 10.2 Å². The smallest absolute Gasteiger partial charge is 0.326 e. The Kier molecular flexibility index (Phi) is 5.58. The number of carbonyl (C=O) groups is 3. The van der Waals surface area contributed by atoms with Crippen LogP contribution in [-0.2, 0) is 9.59 Å². The Morgan fingerprint density at radius 1 is 1.14 bits per heavy atom. The lowest BCUT2D eigenvalue weighted by molar-refractivity contribution is -0.140. The van der Waals surface area contributed by atoms with Gasteiger partial charge in [-0.3, -0.25) is 4.79 Å². The number of urea groups is 1.